The van der Waals surface area contributed by atoms with E-state index in [2.05, 4.69) is 50.6 Å². The van der Waals surface area contributed by atoms with Crippen LogP contribution in [0, 0.1) is 0 Å². The molecule has 2 N–H and O–H groups in total. The van der Waals surface area contributed by atoms with Crippen LogP contribution >= 0.6 is 0 Å². The molecule has 0 saturated heterocycles. The first-order valence-corrected chi connectivity index (χ1v) is 9.69. The van der Waals surface area contributed by atoms with Crippen molar-refractivity contribution in [3.05, 3.63) is 60.4 Å². The fourth-order valence-corrected chi connectivity index (χ4v) is 2.86. The Hall–Kier alpha value is -3.19. The lowest BCUT2D eigenvalue weighted by Gasteiger charge is -2.13. The van der Waals surface area contributed by atoms with Crippen LogP contribution in [0.4, 0.5) is 11.8 Å². The van der Waals surface area contributed by atoms with E-state index in [0.29, 0.717) is 12.5 Å². The summed E-state index contributed by atoms with van der Waals surface area (Å²) in [7, 11) is 5.81. The summed E-state index contributed by atoms with van der Waals surface area (Å²) in [4.78, 5) is 15.6. The van der Waals surface area contributed by atoms with Crippen molar-refractivity contribution in [2.45, 2.75) is 13.0 Å². The maximum Gasteiger partial charge on any atom is 0.225 e. The SMILES string of the molecule is COc1cccc(CNc2cc(-c3ccncc3)nc(NCCCN(C)C)n2)c1. The molecule has 0 spiro atoms. The van der Waals surface area contributed by atoms with Gasteiger partial charge >= 0.3 is 0 Å². The van der Waals surface area contributed by atoms with Gasteiger partial charge in [-0.15, -0.1) is 0 Å². The third-order valence-corrected chi connectivity index (χ3v) is 4.38. The smallest absolute Gasteiger partial charge is 0.225 e. The summed E-state index contributed by atoms with van der Waals surface area (Å²) in [5.74, 6) is 2.23. The summed E-state index contributed by atoms with van der Waals surface area (Å²) in [6.07, 6.45) is 4.55. The number of methoxy groups -OCH3 is 1. The quantitative estimate of drug-likeness (QED) is 0.511. The molecule has 0 amide bonds. The maximum atomic E-state index is 5.30. The molecule has 152 valence electrons. The molecule has 3 rings (SSSR count). The van der Waals surface area contributed by atoms with E-state index < -0.39 is 0 Å². The molecule has 7 heteroatoms. The van der Waals surface area contributed by atoms with E-state index >= 15 is 0 Å². The number of benzene rings is 1. The summed E-state index contributed by atoms with van der Waals surface area (Å²) < 4.78 is 5.30. The van der Waals surface area contributed by atoms with Gasteiger partial charge in [-0.1, -0.05) is 12.1 Å². The molecule has 0 bridgehead atoms. The lowest BCUT2D eigenvalue weighted by molar-refractivity contribution is 0.405. The number of nitrogens with one attached hydrogen (secondary N) is 2. The average molecular weight is 393 g/mol. The van der Waals surface area contributed by atoms with E-state index in [0.717, 1.165) is 47.9 Å². The van der Waals surface area contributed by atoms with Gasteiger partial charge in [0, 0.05) is 37.1 Å². The van der Waals surface area contributed by atoms with Gasteiger partial charge < -0.3 is 20.3 Å². The van der Waals surface area contributed by atoms with E-state index in [9.17, 15) is 0 Å². The van der Waals surface area contributed by atoms with Crippen molar-refractivity contribution < 1.29 is 4.74 Å². The zero-order valence-corrected chi connectivity index (χ0v) is 17.2. The molecule has 0 atom stereocenters. The zero-order valence-electron chi connectivity index (χ0n) is 17.2. The first kappa shape index (κ1) is 20.5. The van der Waals surface area contributed by atoms with E-state index in [1.54, 1.807) is 19.5 Å². The Labute approximate surface area is 172 Å². The minimum atomic E-state index is 0.617. The third kappa shape index (κ3) is 6.43. The van der Waals surface area contributed by atoms with Gasteiger partial charge in [0.25, 0.3) is 0 Å². The van der Waals surface area contributed by atoms with Crippen LogP contribution in [0.15, 0.2) is 54.9 Å². The van der Waals surface area contributed by atoms with Crippen LogP contribution in [0.25, 0.3) is 11.3 Å². The number of hydrogen-bond acceptors (Lipinski definition) is 7. The van der Waals surface area contributed by atoms with E-state index in [-0.39, 0.29) is 0 Å². The number of hydrogen-bond donors (Lipinski definition) is 2. The van der Waals surface area contributed by atoms with Crippen LogP contribution < -0.4 is 15.4 Å². The van der Waals surface area contributed by atoms with Crippen molar-refractivity contribution in [3.8, 4) is 17.0 Å². The molecule has 3 aromatic rings. The second-order valence-electron chi connectivity index (χ2n) is 6.99. The van der Waals surface area contributed by atoms with Gasteiger partial charge in [0.15, 0.2) is 0 Å². The molecule has 1 aromatic carbocycles. The summed E-state index contributed by atoms with van der Waals surface area (Å²) in [6, 6.07) is 13.8. The van der Waals surface area contributed by atoms with E-state index in [1.165, 1.54) is 0 Å². The molecule has 0 aliphatic rings. The second kappa shape index (κ2) is 10.4. The van der Waals surface area contributed by atoms with Crippen molar-refractivity contribution in [3.63, 3.8) is 0 Å². The standard InChI is InChI=1S/C22H28N6O/c1-28(2)13-5-10-24-22-26-20(18-8-11-23-12-9-18)15-21(27-22)25-16-17-6-4-7-19(14-17)29-3/h4,6-9,11-12,14-15H,5,10,13,16H2,1-3H3,(H2,24,25,26,27). The highest BCUT2D eigenvalue weighted by atomic mass is 16.5. The van der Waals surface area contributed by atoms with Crippen molar-refractivity contribution >= 4 is 11.8 Å². The van der Waals surface area contributed by atoms with Crippen LogP contribution in [-0.2, 0) is 6.54 Å². The van der Waals surface area contributed by atoms with Crippen LogP contribution in [0.5, 0.6) is 5.75 Å². The van der Waals surface area contributed by atoms with Gasteiger partial charge in [-0.3, -0.25) is 4.98 Å². The molecular weight excluding hydrogens is 364 g/mol. The van der Waals surface area contributed by atoms with Gasteiger partial charge in [0.05, 0.1) is 12.8 Å². The summed E-state index contributed by atoms with van der Waals surface area (Å²) in [5.41, 5.74) is 2.97. The minimum Gasteiger partial charge on any atom is -0.497 e. The first-order chi connectivity index (χ1) is 14.1. The fourth-order valence-electron chi connectivity index (χ4n) is 2.86. The largest absolute Gasteiger partial charge is 0.497 e. The molecule has 29 heavy (non-hydrogen) atoms. The summed E-state index contributed by atoms with van der Waals surface area (Å²) in [5, 5.41) is 6.74. The Morgan fingerprint density at radius 1 is 1.00 bits per heavy atom. The van der Waals surface area contributed by atoms with Crippen LogP contribution in [0.1, 0.15) is 12.0 Å². The number of rotatable bonds is 10. The van der Waals surface area contributed by atoms with Crippen LogP contribution in [0.3, 0.4) is 0 Å². The van der Waals surface area contributed by atoms with Gasteiger partial charge in [-0.2, -0.15) is 4.98 Å². The van der Waals surface area contributed by atoms with Gasteiger partial charge in [0.1, 0.15) is 11.6 Å². The minimum absolute atomic E-state index is 0.617. The summed E-state index contributed by atoms with van der Waals surface area (Å²) in [6.45, 7) is 2.47. The lowest BCUT2D eigenvalue weighted by Crippen LogP contribution is -2.17. The number of anilines is 2. The van der Waals surface area contributed by atoms with Crippen molar-refractivity contribution in [2.75, 3.05) is 44.9 Å². The molecule has 2 heterocycles. The molecule has 0 unspecified atom stereocenters. The normalized spacial score (nSPS) is 10.8. The number of aromatic nitrogens is 3. The lowest BCUT2D eigenvalue weighted by atomic mass is 10.2. The van der Waals surface area contributed by atoms with Gasteiger partial charge in [0.2, 0.25) is 5.95 Å². The highest BCUT2D eigenvalue weighted by molar-refractivity contribution is 5.64. The monoisotopic (exact) mass is 392 g/mol. The van der Waals surface area contributed by atoms with Crippen molar-refractivity contribution in [1.82, 2.24) is 19.9 Å². The predicted molar refractivity (Wildman–Crippen MR) is 117 cm³/mol. The Morgan fingerprint density at radius 3 is 2.59 bits per heavy atom. The fraction of sp³-hybridized carbons (Fsp3) is 0.318. The average Bonchev–Trinajstić information content (AvgIpc) is 2.76. The molecule has 0 radical (unpaired) electrons. The predicted octanol–water partition coefficient (Wildman–Crippen LogP) is 3.52. The Balaban J connectivity index is 1.76. The highest BCUT2D eigenvalue weighted by Crippen LogP contribution is 2.22. The molecular formula is C22H28N6O. The number of pyridine rings is 1. The maximum absolute atomic E-state index is 5.30. The van der Waals surface area contributed by atoms with Gasteiger partial charge in [-0.05, 0) is 56.9 Å². The zero-order chi connectivity index (χ0) is 20.5. The molecule has 0 aliphatic heterocycles. The molecule has 0 saturated carbocycles. The van der Waals surface area contributed by atoms with Crippen molar-refractivity contribution in [1.29, 1.82) is 0 Å². The van der Waals surface area contributed by atoms with Crippen LogP contribution in [-0.4, -0.2) is 54.1 Å². The molecule has 0 aliphatic carbocycles. The van der Waals surface area contributed by atoms with Crippen LogP contribution in [0.2, 0.25) is 0 Å². The third-order valence-electron chi connectivity index (χ3n) is 4.38. The topological polar surface area (TPSA) is 75.2 Å². The first-order valence-electron chi connectivity index (χ1n) is 9.69. The summed E-state index contributed by atoms with van der Waals surface area (Å²) >= 11 is 0. The Kier molecular flexibility index (Phi) is 7.35. The number of ether oxygens (including phenoxy) is 1. The highest BCUT2D eigenvalue weighted by Gasteiger charge is 2.07. The van der Waals surface area contributed by atoms with E-state index in [4.69, 9.17) is 4.74 Å². The molecule has 0 fully saturated rings. The van der Waals surface area contributed by atoms with E-state index in [1.807, 2.05) is 36.4 Å². The molecule has 7 nitrogen and oxygen atoms in total. The molecule has 2 aromatic heterocycles. The number of nitrogens with zero attached hydrogens (tertiary/aromatic N) is 4. The second-order valence-corrected chi connectivity index (χ2v) is 6.99. The van der Waals surface area contributed by atoms with Gasteiger partial charge in [-0.25, -0.2) is 4.98 Å². The van der Waals surface area contributed by atoms with Crippen molar-refractivity contribution in [2.24, 2.45) is 0 Å². The Bertz CT molecular complexity index is 901. The Morgan fingerprint density at radius 2 is 1.83 bits per heavy atom.